The monoisotopic (exact) mass is 309 g/mol. The van der Waals surface area contributed by atoms with E-state index in [1.807, 2.05) is 24.3 Å². The summed E-state index contributed by atoms with van der Waals surface area (Å²) in [5.41, 5.74) is 18.2. The maximum absolute atomic E-state index is 6.13. The number of anilines is 3. The minimum absolute atomic E-state index is 0.734. The van der Waals surface area contributed by atoms with Gasteiger partial charge in [-0.25, -0.2) is 0 Å². The summed E-state index contributed by atoms with van der Waals surface area (Å²) in [6.45, 7) is 0.830. The number of hydrogen-bond acceptors (Lipinski definition) is 4. The molecule has 0 aliphatic carbocycles. The van der Waals surface area contributed by atoms with E-state index in [-0.39, 0.29) is 0 Å². The summed E-state index contributed by atoms with van der Waals surface area (Å²) in [6.07, 6.45) is 0. The molecule has 3 rings (SSSR count). The van der Waals surface area contributed by atoms with Crippen molar-refractivity contribution in [3.05, 3.63) is 64.9 Å². The third kappa shape index (κ3) is 2.92. The van der Waals surface area contributed by atoms with Crippen molar-refractivity contribution in [2.24, 2.45) is 0 Å². The van der Waals surface area contributed by atoms with Crippen LogP contribution < -0.4 is 16.4 Å². The van der Waals surface area contributed by atoms with Crippen LogP contribution in [0.1, 0.15) is 5.56 Å². The molecule has 1 aromatic heterocycles. The van der Waals surface area contributed by atoms with Gasteiger partial charge in [0.2, 0.25) is 0 Å². The van der Waals surface area contributed by atoms with Crippen LogP contribution in [0.25, 0.3) is 11.1 Å². The maximum atomic E-state index is 6.13. The van der Waals surface area contributed by atoms with Crippen molar-refractivity contribution in [3.63, 3.8) is 0 Å². The molecular weight excluding hydrogens is 290 g/mol. The van der Waals surface area contributed by atoms with Crippen LogP contribution in [-0.4, -0.2) is 7.05 Å². The quantitative estimate of drug-likeness (QED) is 0.710. The zero-order chi connectivity index (χ0) is 15.5. The van der Waals surface area contributed by atoms with Crippen LogP contribution in [0.4, 0.5) is 17.1 Å². The van der Waals surface area contributed by atoms with E-state index in [4.69, 9.17) is 11.5 Å². The molecule has 0 unspecified atom stereocenters. The van der Waals surface area contributed by atoms with E-state index in [2.05, 4.69) is 47.0 Å². The van der Waals surface area contributed by atoms with Crippen LogP contribution in [0.5, 0.6) is 0 Å². The van der Waals surface area contributed by atoms with Crippen LogP contribution >= 0.6 is 11.3 Å². The highest BCUT2D eigenvalue weighted by Crippen LogP contribution is 2.34. The van der Waals surface area contributed by atoms with E-state index in [1.54, 1.807) is 11.3 Å². The molecule has 0 bridgehead atoms. The van der Waals surface area contributed by atoms with Crippen molar-refractivity contribution >= 4 is 28.4 Å². The highest BCUT2D eigenvalue weighted by Gasteiger charge is 2.12. The number of nitrogens with two attached hydrogens (primary N) is 2. The lowest BCUT2D eigenvalue weighted by molar-refractivity contribution is 0.929. The van der Waals surface area contributed by atoms with Gasteiger partial charge in [0.15, 0.2) is 0 Å². The van der Waals surface area contributed by atoms with E-state index in [1.165, 1.54) is 11.3 Å². The van der Waals surface area contributed by atoms with Gasteiger partial charge in [-0.15, -0.1) is 0 Å². The number of hydrogen-bond donors (Lipinski definition) is 2. The molecule has 0 fully saturated rings. The molecule has 2 aromatic carbocycles. The Morgan fingerprint density at radius 3 is 2.50 bits per heavy atom. The molecule has 0 aliphatic heterocycles. The molecule has 3 aromatic rings. The summed E-state index contributed by atoms with van der Waals surface area (Å²) in [7, 11) is 2.10. The fraction of sp³-hybridized carbons (Fsp3) is 0.111. The van der Waals surface area contributed by atoms with Crippen molar-refractivity contribution < 1.29 is 0 Å². The lowest BCUT2D eigenvalue weighted by Gasteiger charge is -2.20. The third-order valence-electron chi connectivity index (χ3n) is 3.71. The zero-order valence-corrected chi connectivity index (χ0v) is 13.3. The number of thiophene rings is 1. The first-order chi connectivity index (χ1) is 10.6. The van der Waals surface area contributed by atoms with Gasteiger partial charge in [0.05, 0.1) is 0 Å². The number of rotatable bonds is 4. The van der Waals surface area contributed by atoms with Crippen LogP contribution in [0.2, 0.25) is 0 Å². The van der Waals surface area contributed by atoms with Crippen molar-refractivity contribution in [1.29, 1.82) is 0 Å². The van der Waals surface area contributed by atoms with Crippen molar-refractivity contribution in [2.75, 3.05) is 23.4 Å². The predicted octanol–water partition coefficient (Wildman–Crippen LogP) is 4.22. The number of benzene rings is 2. The molecule has 1 heterocycles. The summed E-state index contributed by atoms with van der Waals surface area (Å²) in [6, 6.07) is 16.0. The zero-order valence-electron chi connectivity index (χ0n) is 12.5. The minimum atomic E-state index is 0.734. The minimum Gasteiger partial charge on any atom is -0.399 e. The second kappa shape index (κ2) is 6.12. The highest BCUT2D eigenvalue weighted by atomic mass is 32.1. The van der Waals surface area contributed by atoms with E-state index < -0.39 is 0 Å². The Labute approximate surface area is 134 Å². The first-order valence-electron chi connectivity index (χ1n) is 7.12. The molecule has 4 heteroatoms. The fourth-order valence-corrected chi connectivity index (χ4v) is 3.37. The fourth-order valence-electron chi connectivity index (χ4n) is 2.52. The first kappa shape index (κ1) is 14.5. The van der Waals surface area contributed by atoms with Gasteiger partial charge >= 0.3 is 0 Å². The lowest BCUT2D eigenvalue weighted by atomic mass is 10.0. The summed E-state index contributed by atoms with van der Waals surface area (Å²) in [5, 5.41) is 4.32. The molecule has 0 spiro atoms. The molecule has 3 nitrogen and oxygen atoms in total. The highest BCUT2D eigenvalue weighted by molar-refractivity contribution is 7.08. The lowest BCUT2D eigenvalue weighted by Crippen LogP contribution is -2.16. The normalized spacial score (nSPS) is 10.6. The maximum Gasteiger partial charge on any atom is 0.0440 e. The van der Waals surface area contributed by atoms with E-state index in [0.29, 0.717) is 0 Å². The predicted molar refractivity (Wildman–Crippen MR) is 97.1 cm³/mol. The Morgan fingerprint density at radius 2 is 1.73 bits per heavy atom. The molecule has 0 saturated heterocycles. The molecular formula is C18H19N3S. The number of nitrogen functional groups attached to an aromatic ring is 2. The van der Waals surface area contributed by atoms with Crippen molar-refractivity contribution in [3.8, 4) is 11.1 Å². The Morgan fingerprint density at radius 1 is 0.955 bits per heavy atom. The molecule has 0 aliphatic rings. The standard InChI is InChI=1S/C18H19N3S/c1-21(15-5-3-2-4-6-15)10-13-11-22-12-17(13)16-9-14(19)7-8-18(16)20/h2-9,11-12H,10,19-20H2,1H3. The number of nitrogens with zero attached hydrogens (tertiary/aromatic N) is 1. The number of para-hydroxylation sites is 1. The van der Waals surface area contributed by atoms with Gasteiger partial charge in [0, 0.05) is 36.2 Å². The molecule has 22 heavy (non-hydrogen) atoms. The topological polar surface area (TPSA) is 55.3 Å². The van der Waals surface area contributed by atoms with Gasteiger partial charge in [-0.3, -0.25) is 0 Å². The van der Waals surface area contributed by atoms with Gasteiger partial charge in [-0.05, 0) is 52.2 Å². The second-order valence-corrected chi connectivity index (χ2v) is 6.09. The second-order valence-electron chi connectivity index (χ2n) is 5.35. The van der Waals surface area contributed by atoms with Gasteiger partial charge in [-0.2, -0.15) is 11.3 Å². The van der Waals surface area contributed by atoms with Gasteiger partial charge < -0.3 is 16.4 Å². The van der Waals surface area contributed by atoms with Crippen LogP contribution in [0.15, 0.2) is 59.3 Å². The smallest absolute Gasteiger partial charge is 0.0440 e. The molecule has 0 atom stereocenters. The summed E-state index contributed by atoms with van der Waals surface area (Å²) < 4.78 is 0. The Balaban J connectivity index is 1.91. The van der Waals surface area contributed by atoms with Crippen LogP contribution in [0.3, 0.4) is 0 Å². The van der Waals surface area contributed by atoms with Crippen LogP contribution in [0, 0.1) is 0 Å². The SMILES string of the molecule is CN(Cc1cscc1-c1cc(N)ccc1N)c1ccccc1. The molecule has 4 N–H and O–H groups in total. The third-order valence-corrected chi connectivity index (χ3v) is 4.51. The average molecular weight is 309 g/mol. The Bertz CT molecular complexity index is 765. The molecule has 0 amide bonds. The van der Waals surface area contributed by atoms with Crippen LogP contribution in [-0.2, 0) is 6.54 Å². The first-order valence-corrected chi connectivity index (χ1v) is 8.06. The Kier molecular flexibility index (Phi) is 4.02. The molecule has 0 radical (unpaired) electrons. The summed E-state index contributed by atoms with van der Waals surface area (Å²) in [5.74, 6) is 0. The van der Waals surface area contributed by atoms with E-state index in [0.717, 1.165) is 29.0 Å². The van der Waals surface area contributed by atoms with E-state index in [9.17, 15) is 0 Å². The molecule has 112 valence electrons. The summed E-state index contributed by atoms with van der Waals surface area (Å²) >= 11 is 1.69. The van der Waals surface area contributed by atoms with E-state index >= 15 is 0 Å². The molecule has 0 saturated carbocycles. The largest absolute Gasteiger partial charge is 0.399 e. The van der Waals surface area contributed by atoms with Crippen molar-refractivity contribution in [1.82, 2.24) is 0 Å². The Hall–Kier alpha value is -2.46. The van der Waals surface area contributed by atoms with Gasteiger partial charge in [0.1, 0.15) is 0 Å². The van der Waals surface area contributed by atoms with Gasteiger partial charge in [-0.1, -0.05) is 18.2 Å². The van der Waals surface area contributed by atoms with Crippen molar-refractivity contribution in [2.45, 2.75) is 6.54 Å². The van der Waals surface area contributed by atoms with Gasteiger partial charge in [0.25, 0.3) is 0 Å². The summed E-state index contributed by atoms with van der Waals surface area (Å²) in [4.78, 5) is 2.23. The average Bonchev–Trinajstić information content (AvgIpc) is 2.98.